The quantitative estimate of drug-likeness (QED) is 0.747. The molecule has 1 aliphatic rings. The SMILES string of the molecule is CCn1c(CN(C)C)nnc1C1CCN(C(=O)CCc2cccnc2)CC1. The lowest BCUT2D eigenvalue weighted by Gasteiger charge is -2.32. The summed E-state index contributed by atoms with van der Waals surface area (Å²) in [7, 11) is 4.09. The Balaban J connectivity index is 1.54. The molecule has 2 aromatic rings. The van der Waals surface area contributed by atoms with E-state index in [1.165, 1.54) is 0 Å². The number of aryl methyl sites for hydroxylation is 1. The van der Waals surface area contributed by atoms with Crippen LogP contribution in [0.25, 0.3) is 0 Å². The number of hydrogen-bond acceptors (Lipinski definition) is 5. The summed E-state index contributed by atoms with van der Waals surface area (Å²) in [6.07, 6.45) is 6.81. The summed E-state index contributed by atoms with van der Waals surface area (Å²) in [4.78, 5) is 20.8. The fourth-order valence-corrected chi connectivity index (χ4v) is 3.74. The summed E-state index contributed by atoms with van der Waals surface area (Å²) in [5.74, 6) is 2.72. The fraction of sp³-hybridized carbons (Fsp3) is 0.600. The highest BCUT2D eigenvalue weighted by Gasteiger charge is 2.27. The Morgan fingerprint density at radius 2 is 2.04 bits per heavy atom. The van der Waals surface area contributed by atoms with Gasteiger partial charge in [0.2, 0.25) is 5.91 Å². The van der Waals surface area contributed by atoms with Crippen molar-refractivity contribution in [3.63, 3.8) is 0 Å². The van der Waals surface area contributed by atoms with Gasteiger partial charge in [-0.05, 0) is 51.9 Å². The minimum atomic E-state index is 0.238. The number of rotatable bonds is 7. The molecule has 1 amide bonds. The highest BCUT2D eigenvalue weighted by atomic mass is 16.2. The van der Waals surface area contributed by atoms with Gasteiger partial charge in [-0.15, -0.1) is 10.2 Å². The summed E-state index contributed by atoms with van der Waals surface area (Å²) < 4.78 is 2.24. The van der Waals surface area contributed by atoms with Crippen LogP contribution < -0.4 is 0 Å². The smallest absolute Gasteiger partial charge is 0.222 e. The number of carbonyl (C=O) groups excluding carboxylic acids is 1. The average molecular weight is 371 g/mol. The zero-order valence-electron chi connectivity index (χ0n) is 16.6. The standard InChI is InChI=1S/C20H30N6O/c1-4-26-18(15-24(2)3)22-23-20(26)17-9-12-25(13-10-17)19(27)8-7-16-6-5-11-21-14-16/h5-6,11,14,17H,4,7-10,12-13,15H2,1-3H3. The molecule has 3 rings (SSSR count). The fourth-order valence-electron chi connectivity index (χ4n) is 3.74. The molecule has 0 aromatic carbocycles. The van der Waals surface area contributed by atoms with Crippen LogP contribution in [0, 0.1) is 0 Å². The largest absolute Gasteiger partial charge is 0.343 e. The van der Waals surface area contributed by atoms with E-state index in [1.807, 2.05) is 37.3 Å². The highest BCUT2D eigenvalue weighted by molar-refractivity contribution is 5.76. The van der Waals surface area contributed by atoms with Crippen molar-refractivity contribution in [2.24, 2.45) is 0 Å². The predicted molar refractivity (Wildman–Crippen MR) is 104 cm³/mol. The van der Waals surface area contributed by atoms with Crippen LogP contribution in [-0.4, -0.2) is 62.6 Å². The van der Waals surface area contributed by atoms with Gasteiger partial charge in [0, 0.05) is 44.4 Å². The van der Waals surface area contributed by atoms with E-state index in [9.17, 15) is 4.79 Å². The minimum Gasteiger partial charge on any atom is -0.343 e. The molecule has 1 saturated heterocycles. The van der Waals surface area contributed by atoms with Gasteiger partial charge in [-0.25, -0.2) is 0 Å². The minimum absolute atomic E-state index is 0.238. The van der Waals surface area contributed by atoms with Crippen molar-refractivity contribution >= 4 is 5.91 Å². The molecule has 0 spiro atoms. The summed E-state index contributed by atoms with van der Waals surface area (Å²) in [6.45, 7) is 5.43. The highest BCUT2D eigenvalue weighted by Crippen LogP contribution is 2.28. The van der Waals surface area contributed by atoms with Crippen molar-refractivity contribution in [2.45, 2.75) is 51.6 Å². The van der Waals surface area contributed by atoms with Gasteiger partial charge in [-0.1, -0.05) is 6.07 Å². The van der Waals surface area contributed by atoms with Gasteiger partial charge in [0.15, 0.2) is 0 Å². The zero-order valence-corrected chi connectivity index (χ0v) is 16.6. The summed E-state index contributed by atoms with van der Waals surface area (Å²) in [5.41, 5.74) is 1.12. The number of pyridine rings is 1. The molecular weight excluding hydrogens is 340 g/mol. The normalized spacial score (nSPS) is 15.5. The first-order valence-corrected chi connectivity index (χ1v) is 9.81. The van der Waals surface area contributed by atoms with Gasteiger partial charge in [-0.3, -0.25) is 9.78 Å². The maximum absolute atomic E-state index is 12.5. The van der Waals surface area contributed by atoms with Crippen molar-refractivity contribution in [2.75, 3.05) is 27.2 Å². The molecule has 0 atom stereocenters. The Labute approximate surface area is 161 Å². The van der Waals surface area contributed by atoms with Gasteiger partial charge in [0.25, 0.3) is 0 Å². The average Bonchev–Trinajstić information content (AvgIpc) is 3.08. The number of aromatic nitrogens is 4. The maximum Gasteiger partial charge on any atom is 0.222 e. The number of hydrogen-bond donors (Lipinski definition) is 0. The molecule has 146 valence electrons. The van der Waals surface area contributed by atoms with Gasteiger partial charge >= 0.3 is 0 Å². The molecule has 0 aliphatic carbocycles. The van der Waals surface area contributed by atoms with E-state index in [-0.39, 0.29) is 5.91 Å². The summed E-state index contributed by atoms with van der Waals surface area (Å²) in [6, 6.07) is 3.94. The second-order valence-corrected chi connectivity index (χ2v) is 7.47. The Bertz CT molecular complexity index is 734. The van der Waals surface area contributed by atoms with E-state index < -0.39 is 0 Å². The molecule has 0 bridgehead atoms. The van der Waals surface area contributed by atoms with E-state index in [0.29, 0.717) is 12.3 Å². The molecule has 1 aliphatic heterocycles. The third-order valence-electron chi connectivity index (χ3n) is 5.19. The monoisotopic (exact) mass is 370 g/mol. The maximum atomic E-state index is 12.5. The van der Waals surface area contributed by atoms with Crippen LogP contribution in [0.2, 0.25) is 0 Å². The Kier molecular flexibility index (Phi) is 6.55. The van der Waals surface area contributed by atoms with E-state index in [0.717, 1.165) is 62.7 Å². The van der Waals surface area contributed by atoms with Gasteiger partial charge in [0.1, 0.15) is 11.6 Å². The first-order valence-electron chi connectivity index (χ1n) is 9.81. The van der Waals surface area contributed by atoms with Crippen molar-refractivity contribution in [3.05, 3.63) is 41.7 Å². The van der Waals surface area contributed by atoms with Gasteiger partial charge < -0.3 is 14.4 Å². The van der Waals surface area contributed by atoms with Crippen LogP contribution in [0.3, 0.4) is 0 Å². The Morgan fingerprint density at radius 3 is 2.67 bits per heavy atom. The molecule has 3 heterocycles. The summed E-state index contributed by atoms with van der Waals surface area (Å²) in [5, 5.41) is 8.89. The molecule has 0 unspecified atom stereocenters. The zero-order chi connectivity index (χ0) is 19.2. The second-order valence-electron chi connectivity index (χ2n) is 7.47. The summed E-state index contributed by atoms with van der Waals surface area (Å²) >= 11 is 0. The van der Waals surface area contributed by atoms with Crippen molar-refractivity contribution < 1.29 is 4.79 Å². The predicted octanol–water partition coefficient (Wildman–Crippen LogP) is 2.09. The number of likely N-dealkylation sites (tertiary alicyclic amines) is 1. The second kappa shape index (κ2) is 9.08. The van der Waals surface area contributed by atoms with E-state index in [1.54, 1.807) is 6.20 Å². The topological polar surface area (TPSA) is 67.2 Å². The first kappa shape index (κ1) is 19.5. The lowest BCUT2D eigenvalue weighted by molar-refractivity contribution is -0.132. The van der Waals surface area contributed by atoms with Crippen LogP contribution >= 0.6 is 0 Å². The van der Waals surface area contributed by atoms with Crippen LogP contribution in [0.15, 0.2) is 24.5 Å². The molecular formula is C20H30N6O. The molecule has 0 N–H and O–H groups in total. The van der Waals surface area contributed by atoms with Crippen LogP contribution in [0.1, 0.15) is 49.3 Å². The third-order valence-corrected chi connectivity index (χ3v) is 5.19. The Hall–Kier alpha value is -2.28. The van der Waals surface area contributed by atoms with Crippen molar-refractivity contribution in [1.29, 1.82) is 0 Å². The molecule has 7 nitrogen and oxygen atoms in total. The third kappa shape index (κ3) is 4.91. The lowest BCUT2D eigenvalue weighted by atomic mass is 9.95. The number of carbonyl (C=O) groups is 1. The molecule has 0 radical (unpaired) electrons. The molecule has 7 heteroatoms. The molecule has 2 aromatic heterocycles. The number of nitrogens with zero attached hydrogens (tertiary/aromatic N) is 6. The number of amides is 1. The van der Waals surface area contributed by atoms with Crippen LogP contribution in [0.5, 0.6) is 0 Å². The van der Waals surface area contributed by atoms with E-state index >= 15 is 0 Å². The Morgan fingerprint density at radius 1 is 1.26 bits per heavy atom. The number of piperidine rings is 1. The lowest BCUT2D eigenvalue weighted by Crippen LogP contribution is -2.38. The van der Waals surface area contributed by atoms with Crippen LogP contribution in [-0.2, 0) is 24.3 Å². The van der Waals surface area contributed by atoms with Gasteiger partial charge in [0.05, 0.1) is 6.54 Å². The first-order chi connectivity index (χ1) is 13.1. The van der Waals surface area contributed by atoms with Gasteiger partial charge in [-0.2, -0.15) is 0 Å². The van der Waals surface area contributed by atoms with Crippen molar-refractivity contribution in [3.8, 4) is 0 Å². The van der Waals surface area contributed by atoms with Crippen LogP contribution in [0.4, 0.5) is 0 Å². The van der Waals surface area contributed by atoms with Crippen molar-refractivity contribution in [1.82, 2.24) is 29.5 Å². The molecule has 27 heavy (non-hydrogen) atoms. The molecule has 0 saturated carbocycles. The molecule has 1 fully saturated rings. The van der Waals surface area contributed by atoms with E-state index in [2.05, 4.69) is 31.6 Å². The van der Waals surface area contributed by atoms with E-state index in [4.69, 9.17) is 0 Å².